The van der Waals surface area contributed by atoms with E-state index in [1.807, 2.05) is 6.92 Å². The number of hydrogen-bond acceptors (Lipinski definition) is 3. The molecular formula is C14H18ClNO2. The van der Waals surface area contributed by atoms with Crippen molar-refractivity contribution in [3.8, 4) is 5.75 Å². The molecule has 0 aliphatic carbocycles. The van der Waals surface area contributed by atoms with Crippen molar-refractivity contribution in [3.63, 3.8) is 0 Å². The monoisotopic (exact) mass is 267 g/mol. The zero-order chi connectivity index (χ0) is 13.2. The quantitative estimate of drug-likeness (QED) is 0.856. The lowest BCUT2D eigenvalue weighted by molar-refractivity contribution is 0.0769. The third-order valence-electron chi connectivity index (χ3n) is 3.55. The number of carbonyl (C=O) groups is 1. The Hall–Kier alpha value is -1.06. The number of ether oxygens (including phenoxy) is 1. The molecule has 1 heterocycles. The van der Waals surface area contributed by atoms with Crippen molar-refractivity contribution in [2.45, 2.75) is 19.8 Å². The Morgan fingerprint density at radius 2 is 2.28 bits per heavy atom. The highest BCUT2D eigenvalue weighted by Gasteiger charge is 2.36. The van der Waals surface area contributed by atoms with Gasteiger partial charge in [-0.15, -0.1) is 0 Å². The van der Waals surface area contributed by atoms with Gasteiger partial charge in [0.25, 0.3) is 0 Å². The van der Waals surface area contributed by atoms with Gasteiger partial charge in [0.1, 0.15) is 5.75 Å². The average Bonchev–Trinajstić information content (AvgIpc) is 2.38. The summed E-state index contributed by atoms with van der Waals surface area (Å²) in [4.78, 5) is 12.7. The molecule has 0 amide bonds. The van der Waals surface area contributed by atoms with Gasteiger partial charge in [0, 0.05) is 17.0 Å². The summed E-state index contributed by atoms with van der Waals surface area (Å²) in [5.74, 6) is 0.699. The minimum atomic E-state index is -0.365. The van der Waals surface area contributed by atoms with Gasteiger partial charge in [-0.1, -0.05) is 18.5 Å². The first-order valence-corrected chi connectivity index (χ1v) is 6.54. The van der Waals surface area contributed by atoms with Crippen LogP contribution >= 0.6 is 11.6 Å². The van der Waals surface area contributed by atoms with Crippen LogP contribution in [0, 0.1) is 5.41 Å². The molecule has 1 aromatic carbocycles. The smallest absolute Gasteiger partial charge is 0.173 e. The summed E-state index contributed by atoms with van der Waals surface area (Å²) < 4.78 is 5.26. The first kappa shape index (κ1) is 13.4. The lowest BCUT2D eigenvalue weighted by Crippen LogP contribution is -2.43. The van der Waals surface area contributed by atoms with Crippen LogP contribution in [0.4, 0.5) is 0 Å². The largest absolute Gasteiger partial charge is 0.496 e. The van der Waals surface area contributed by atoms with Crippen LogP contribution in [0.5, 0.6) is 5.75 Å². The molecule has 18 heavy (non-hydrogen) atoms. The van der Waals surface area contributed by atoms with Crippen molar-refractivity contribution >= 4 is 17.4 Å². The molecule has 0 radical (unpaired) electrons. The fraction of sp³-hybridized carbons (Fsp3) is 0.500. The minimum absolute atomic E-state index is 0.106. The number of hydrogen-bond donors (Lipinski definition) is 1. The van der Waals surface area contributed by atoms with Crippen LogP contribution in [0.15, 0.2) is 18.2 Å². The van der Waals surface area contributed by atoms with Gasteiger partial charge < -0.3 is 10.1 Å². The van der Waals surface area contributed by atoms with Crippen LogP contribution in [-0.2, 0) is 0 Å². The van der Waals surface area contributed by atoms with Crippen molar-refractivity contribution < 1.29 is 9.53 Å². The zero-order valence-electron chi connectivity index (χ0n) is 10.8. The van der Waals surface area contributed by atoms with Gasteiger partial charge in [-0.05, 0) is 37.6 Å². The standard InChI is InChI=1S/C14H18ClNO2/c1-14(6-3-7-16-9-14)13(17)11-8-10(15)4-5-12(11)18-2/h4-5,8,16H,3,6-7,9H2,1-2H3. The predicted octanol–water partition coefficient (Wildman–Crippen LogP) is 2.92. The van der Waals surface area contributed by atoms with E-state index in [9.17, 15) is 4.79 Å². The van der Waals surface area contributed by atoms with Gasteiger partial charge in [-0.25, -0.2) is 0 Å². The van der Waals surface area contributed by atoms with E-state index >= 15 is 0 Å². The van der Waals surface area contributed by atoms with Gasteiger partial charge in [-0.2, -0.15) is 0 Å². The molecule has 0 spiro atoms. The van der Waals surface area contributed by atoms with Crippen molar-refractivity contribution in [2.24, 2.45) is 5.41 Å². The summed E-state index contributed by atoms with van der Waals surface area (Å²) in [6.07, 6.45) is 1.92. The highest BCUT2D eigenvalue weighted by atomic mass is 35.5. The van der Waals surface area contributed by atoms with Crippen molar-refractivity contribution in [1.82, 2.24) is 5.32 Å². The Labute approximate surface area is 112 Å². The molecule has 1 N–H and O–H groups in total. The topological polar surface area (TPSA) is 38.3 Å². The van der Waals surface area contributed by atoms with E-state index in [1.165, 1.54) is 0 Å². The molecule has 1 fully saturated rings. The van der Waals surface area contributed by atoms with E-state index in [0.717, 1.165) is 19.4 Å². The van der Waals surface area contributed by atoms with Crippen molar-refractivity contribution in [1.29, 1.82) is 0 Å². The number of ketones is 1. The van der Waals surface area contributed by atoms with Crippen molar-refractivity contribution in [2.75, 3.05) is 20.2 Å². The van der Waals surface area contributed by atoms with Gasteiger partial charge in [-0.3, -0.25) is 4.79 Å². The number of piperidine rings is 1. The van der Waals surface area contributed by atoms with E-state index in [0.29, 0.717) is 22.9 Å². The highest BCUT2D eigenvalue weighted by Crippen LogP contribution is 2.34. The Morgan fingerprint density at radius 3 is 2.89 bits per heavy atom. The molecule has 1 atom stereocenters. The molecule has 98 valence electrons. The number of rotatable bonds is 3. The SMILES string of the molecule is COc1ccc(Cl)cc1C(=O)C1(C)CCCNC1. The first-order valence-electron chi connectivity index (χ1n) is 6.16. The second-order valence-electron chi connectivity index (χ2n) is 5.01. The summed E-state index contributed by atoms with van der Waals surface area (Å²) in [5.41, 5.74) is 0.215. The van der Waals surface area contributed by atoms with E-state index in [-0.39, 0.29) is 11.2 Å². The average molecular weight is 268 g/mol. The Bertz CT molecular complexity index is 453. The number of Topliss-reactive ketones (excluding diaryl/α,β-unsaturated/α-hetero) is 1. The van der Waals surface area contributed by atoms with Gasteiger partial charge in [0.05, 0.1) is 12.7 Å². The van der Waals surface area contributed by atoms with E-state index < -0.39 is 0 Å². The van der Waals surface area contributed by atoms with Crippen LogP contribution < -0.4 is 10.1 Å². The van der Waals surface area contributed by atoms with E-state index in [1.54, 1.807) is 25.3 Å². The fourth-order valence-electron chi connectivity index (χ4n) is 2.43. The number of halogens is 1. The maximum absolute atomic E-state index is 12.7. The van der Waals surface area contributed by atoms with Crippen LogP contribution in [0.3, 0.4) is 0 Å². The van der Waals surface area contributed by atoms with Gasteiger partial charge >= 0.3 is 0 Å². The van der Waals surface area contributed by atoms with Crippen LogP contribution in [-0.4, -0.2) is 26.0 Å². The Balaban J connectivity index is 2.35. The number of benzene rings is 1. The summed E-state index contributed by atoms with van der Waals surface area (Å²) in [5, 5.41) is 3.85. The third kappa shape index (κ3) is 2.52. The summed E-state index contributed by atoms with van der Waals surface area (Å²) in [6.45, 7) is 3.69. The van der Waals surface area contributed by atoms with Crippen LogP contribution in [0.2, 0.25) is 5.02 Å². The summed E-state index contributed by atoms with van der Waals surface area (Å²) in [6, 6.07) is 5.18. The van der Waals surface area contributed by atoms with E-state index in [2.05, 4.69) is 5.32 Å². The number of methoxy groups -OCH3 is 1. The maximum atomic E-state index is 12.7. The fourth-order valence-corrected chi connectivity index (χ4v) is 2.60. The molecule has 2 rings (SSSR count). The Kier molecular flexibility index (Phi) is 3.93. The molecule has 0 aromatic heterocycles. The number of carbonyl (C=O) groups excluding carboxylic acids is 1. The molecule has 1 aliphatic heterocycles. The van der Waals surface area contributed by atoms with E-state index in [4.69, 9.17) is 16.3 Å². The van der Waals surface area contributed by atoms with Gasteiger partial charge in [0.15, 0.2) is 5.78 Å². The molecule has 0 saturated carbocycles. The second kappa shape index (κ2) is 5.29. The minimum Gasteiger partial charge on any atom is -0.496 e. The highest BCUT2D eigenvalue weighted by molar-refractivity contribution is 6.31. The third-order valence-corrected chi connectivity index (χ3v) is 3.79. The second-order valence-corrected chi connectivity index (χ2v) is 5.45. The molecular weight excluding hydrogens is 250 g/mol. The maximum Gasteiger partial charge on any atom is 0.173 e. The number of nitrogens with one attached hydrogen (secondary N) is 1. The summed E-state index contributed by atoms with van der Waals surface area (Å²) >= 11 is 5.98. The van der Waals surface area contributed by atoms with Crippen molar-refractivity contribution in [3.05, 3.63) is 28.8 Å². The first-order chi connectivity index (χ1) is 8.57. The molecule has 1 saturated heterocycles. The summed E-state index contributed by atoms with van der Waals surface area (Å²) in [7, 11) is 1.57. The lowest BCUT2D eigenvalue weighted by atomic mass is 9.76. The molecule has 1 aliphatic rings. The zero-order valence-corrected chi connectivity index (χ0v) is 11.5. The lowest BCUT2D eigenvalue weighted by Gasteiger charge is -2.33. The Morgan fingerprint density at radius 1 is 1.50 bits per heavy atom. The molecule has 0 bridgehead atoms. The molecule has 1 unspecified atom stereocenters. The molecule has 1 aromatic rings. The normalized spacial score (nSPS) is 23.7. The molecule has 4 heteroatoms. The molecule has 3 nitrogen and oxygen atoms in total. The van der Waals surface area contributed by atoms with Crippen LogP contribution in [0.1, 0.15) is 30.1 Å². The predicted molar refractivity (Wildman–Crippen MR) is 72.5 cm³/mol. The van der Waals surface area contributed by atoms with Crippen LogP contribution in [0.25, 0.3) is 0 Å². The van der Waals surface area contributed by atoms with Gasteiger partial charge in [0.2, 0.25) is 0 Å².